The van der Waals surface area contributed by atoms with Crippen LogP contribution in [-0.2, 0) is 16.1 Å². The minimum Gasteiger partial charge on any atom is -0.329 e. The molecule has 2 rings (SSSR count). The standard InChI is InChI=1S/C11H12N2O2/c1-8-2-3-9(12-5-8)6-13-7-10(14)4-11(13)15/h2-3,5H,4,6-7H2,1H3. The molecule has 1 aliphatic rings. The predicted molar refractivity (Wildman–Crippen MR) is 54.0 cm³/mol. The lowest BCUT2D eigenvalue weighted by molar-refractivity contribution is -0.128. The van der Waals surface area contributed by atoms with E-state index in [1.807, 2.05) is 19.1 Å². The van der Waals surface area contributed by atoms with Crippen LogP contribution in [0.25, 0.3) is 0 Å². The Morgan fingerprint density at radius 3 is 2.73 bits per heavy atom. The molecule has 4 nitrogen and oxygen atoms in total. The molecular formula is C11H12N2O2. The zero-order valence-corrected chi connectivity index (χ0v) is 8.56. The highest BCUT2D eigenvalue weighted by Crippen LogP contribution is 2.10. The van der Waals surface area contributed by atoms with Crippen LogP contribution >= 0.6 is 0 Å². The lowest BCUT2D eigenvalue weighted by Crippen LogP contribution is -2.25. The molecule has 0 unspecified atom stereocenters. The zero-order chi connectivity index (χ0) is 10.8. The molecule has 4 heteroatoms. The summed E-state index contributed by atoms with van der Waals surface area (Å²) in [6, 6.07) is 3.83. The van der Waals surface area contributed by atoms with Crippen LogP contribution in [0.5, 0.6) is 0 Å². The Kier molecular flexibility index (Phi) is 2.49. The second-order valence-electron chi connectivity index (χ2n) is 3.79. The SMILES string of the molecule is Cc1ccc(CN2CC(=O)CC2=O)nc1. The first-order valence-electron chi connectivity index (χ1n) is 4.86. The number of hydrogen-bond donors (Lipinski definition) is 0. The Morgan fingerprint density at radius 2 is 2.20 bits per heavy atom. The summed E-state index contributed by atoms with van der Waals surface area (Å²) < 4.78 is 0. The summed E-state index contributed by atoms with van der Waals surface area (Å²) in [6.07, 6.45) is 1.81. The highest BCUT2D eigenvalue weighted by Gasteiger charge is 2.27. The normalized spacial score (nSPS) is 16.2. The average molecular weight is 204 g/mol. The van der Waals surface area contributed by atoms with Crippen LogP contribution < -0.4 is 0 Å². The highest BCUT2D eigenvalue weighted by atomic mass is 16.2. The van der Waals surface area contributed by atoms with Gasteiger partial charge in [0.25, 0.3) is 0 Å². The van der Waals surface area contributed by atoms with Gasteiger partial charge in [-0.25, -0.2) is 0 Å². The van der Waals surface area contributed by atoms with Gasteiger partial charge in [-0.1, -0.05) is 6.07 Å². The van der Waals surface area contributed by atoms with E-state index in [2.05, 4.69) is 4.98 Å². The molecule has 1 amide bonds. The number of carbonyl (C=O) groups excluding carboxylic acids is 2. The monoisotopic (exact) mass is 204 g/mol. The quantitative estimate of drug-likeness (QED) is 0.666. The van der Waals surface area contributed by atoms with Crippen LogP contribution in [0.2, 0.25) is 0 Å². The van der Waals surface area contributed by atoms with Gasteiger partial charge in [-0.15, -0.1) is 0 Å². The van der Waals surface area contributed by atoms with E-state index < -0.39 is 0 Å². The van der Waals surface area contributed by atoms with Gasteiger partial charge >= 0.3 is 0 Å². The third kappa shape index (κ3) is 2.21. The first-order valence-corrected chi connectivity index (χ1v) is 4.86. The van der Waals surface area contributed by atoms with Crippen molar-refractivity contribution in [1.82, 2.24) is 9.88 Å². The summed E-state index contributed by atoms with van der Waals surface area (Å²) in [4.78, 5) is 28.1. The summed E-state index contributed by atoms with van der Waals surface area (Å²) in [6.45, 7) is 2.63. The number of aryl methyl sites for hydroxylation is 1. The van der Waals surface area contributed by atoms with E-state index in [4.69, 9.17) is 0 Å². The van der Waals surface area contributed by atoms with E-state index in [1.54, 1.807) is 11.1 Å². The van der Waals surface area contributed by atoms with Crippen molar-refractivity contribution in [2.75, 3.05) is 6.54 Å². The molecule has 15 heavy (non-hydrogen) atoms. The molecule has 1 saturated heterocycles. The Labute approximate surface area is 87.9 Å². The molecule has 0 spiro atoms. The molecule has 2 heterocycles. The lowest BCUT2D eigenvalue weighted by atomic mass is 10.2. The van der Waals surface area contributed by atoms with Crippen LogP contribution in [0.1, 0.15) is 17.7 Å². The van der Waals surface area contributed by atoms with Crippen molar-refractivity contribution in [3.63, 3.8) is 0 Å². The van der Waals surface area contributed by atoms with Crippen LogP contribution in [0.3, 0.4) is 0 Å². The molecule has 0 aliphatic carbocycles. The summed E-state index contributed by atoms with van der Waals surface area (Å²) >= 11 is 0. The van der Waals surface area contributed by atoms with Gasteiger partial charge in [-0.3, -0.25) is 14.6 Å². The molecule has 0 bridgehead atoms. The lowest BCUT2D eigenvalue weighted by Gasteiger charge is -2.13. The van der Waals surface area contributed by atoms with Crippen molar-refractivity contribution in [3.05, 3.63) is 29.6 Å². The van der Waals surface area contributed by atoms with E-state index in [1.165, 1.54) is 0 Å². The number of Topliss-reactive ketones (excluding diaryl/α,β-unsaturated/α-hetero) is 1. The summed E-state index contributed by atoms with van der Waals surface area (Å²) in [5.74, 6) is -0.102. The maximum atomic E-state index is 11.3. The average Bonchev–Trinajstić information content (AvgIpc) is 2.49. The summed E-state index contributed by atoms with van der Waals surface area (Å²) in [7, 11) is 0. The second-order valence-corrected chi connectivity index (χ2v) is 3.79. The fourth-order valence-electron chi connectivity index (χ4n) is 1.57. The number of aromatic nitrogens is 1. The first kappa shape index (κ1) is 9.83. The number of pyridine rings is 1. The molecule has 0 aromatic carbocycles. The first-order chi connectivity index (χ1) is 7.15. The molecular weight excluding hydrogens is 192 g/mol. The smallest absolute Gasteiger partial charge is 0.230 e. The van der Waals surface area contributed by atoms with Crippen LogP contribution in [-0.4, -0.2) is 28.1 Å². The van der Waals surface area contributed by atoms with Crippen molar-refractivity contribution in [2.24, 2.45) is 0 Å². The fraction of sp³-hybridized carbons (Fsp3) is 0.364. The summed E-state index contributed by atoms with van der Waals surface area (Å²) in [5.41, 5.74) is 1.91. The maximum absolute atomic E-state index is 11.3. The van der Waals surface area contributed by atoms with E-state index in [0.717, 1.165) is 11.3 Å². The van der Waals surface area contributed by atoms with E-state index >= 15 is 0 Å². The van der Waals surface area contributed by atoms with Crippen molar-refractivity contribution in [3.8, 4) is 0 Å². The van der Waals surface area contributed by atoms with Gasteiger partial charge in [0, 0.05) is 6.20 Å². The van der Waals surface area contributed by atoms with E-state index in [0.29, 0.717) is 6.54 Å². The molecule has 0 N–H and O–H groups in total. The van der Waals surface area contributed by atoms with E-state index in [-0.39, 0.29) is 24.7 Å². The van der Waals surface area contributed by atoms with E-state index in [9.17, 15) is 9.59 Å². The number of likely N-dealkylation sites (tertiary alicyclic amines) is 1. The van der Waals surface area contributed by atoms with Gasteiger partial charge in [-0.05, 0) is 18.6 Å². The Bertz CT molecular complexity index is 398. The number of nitrogens with zero attached hydrogens (tertiary/aromatic N) is 2. The molecule has 1 aliphatic heterocycles. The minimum absolute atomic E-state index is 0.00730. The second kappa shape index (κ2) is 3.81. The fourth-order valence-corrected chi connectivity index (χ4v) is 1.57. The molecule has 0 radical (unpaired) electrons. The Hall–Kier alpha value is -1.71. The third-order valence-corrected chi connectivity index (χ3v) is 2.39. The number of rotatable bonds is 2. The predicted octanol–water partition coefficient (Wildman–Crippen LogP) is 0.691. The van der Waals surface area contributed by atoms with Gasteiger partial charge in [0.15, 0.2) is 5.78 Å². The number of amides is 1. The minimum atomic E-state index is -0.0950. The van der Waals surface area contributed by atoms with Gasteiger partial charge in [0.05, 0.1) is 25.2 Å². The molecule has 0 saturated carbocycles. The van der Waals surface area contributed by atoms with Gasteiger partial charge < -0.3 is 4.90 Å². The topological polar surface area (TPSA) is 50.3 Å². The molecule has 0 atom stereocenters. The zero-order valence-electron chi connectivity index (χ0n) is 8.56. The molecule has 1 fully saturated rings. The van der Waals surface area contributed by atoms with Crippen LogP contribution in [0, 0.1) is 6.92 Å². The third-order valence-electron chi connectivity index (χ3n) is 2.39. The Balaban J connectivity index is 2.06. The molecule has 1 aromatic heterocycles. The Morgan fingerprint density at radius 1 is 1.40 bits per heavy atom. The largest absolute Gasteiger partial charge is 0.329 e. The number of hydrogen-bond acceptors (Lipinski definition) is 3. The van der Waals surface area contributed by atoms with Crippen LogP contribution in [0.15, 0.2) is 18.3 Å². The highest BCUT2D eigenvalue weighted by molar-refractivity contribution is 6.05. The van der Waals surface area contributed by atoms with Gasteiger partial charge in [-0.2, -0.15) is 0 Å². The number of ketones is 1. The maximum Gasteiger partial charge on any atom is 0.230 e. The van der Waals surface area contributed by atoms with Crippen molar-refractivity contribution in [2.45, 2.75) is 19.9 Å². The van der Waals surface area contributed by atoms with Crippen molar-refractivity contribution in [1.29, 1.82) is 0 Å². The van der Waals surface area contributed by atoms with Crippen LogP contribution in [0.4, 0.5) is 0 Å². The molecule has 1 aromatic rings. The van der Waals surface area contributed by atoms with Crippen molar-refractivity contribution < 1.29 is 9.59 Å². The van der Waals surface area contributed by atoms with Crippen molar-refractivity contribution >= 4 is 11.7 Å². The number of carbonyl (C=O) groups is 2. The van der Waals surface area contributed by atoms with Gasteiger partial charge in [0.2, 0.25) is 5.91 Å². The van der Waals surface area contributed by atoms with Gasteiger partial charge in [0.1, 0.15) is 0 Å². The molecule has 78 valence electrons. The summed E-state index contributed by atoms with van der Waals surface area (Å²) in [5, 5.41) is 0.